The highest BCUT2D eigenvalue weighted by atomic mass is 16.5. The fourth-order valence-corrected chi connectivity index (χ4v) is 3.30. The van der Waals surface area contributed by atoms with Crippen LogP contribution in [0.1, 0.15) is 32.8 Å². The summed E-state index contributed by atoms with van der Waals surface area (Å²) in [5.41, 5.74) is 0.921. The van der Waals surface area contributed by atoms with Crippen LogP contribution in [0.25, 0.3) is 0 Å². The van der Waals surface area contributed by atoms with Crippen molar-refractivity contribution in [2.24, 2.45) is 5.41 Å². The molecule has 0 aliphatic heterocycles. The Morgan fingerprint density at radius 1 is 1.38 bits per heavy atom. The first-order chi connectivity index (χ1) is 11.4. The zero-order valence-electron chi connectivity index (χ0n) is 14.9. The van der Waals surface area contributed by atoms with Crippen LogP contribution in [0.15, 0.2) is 24.3 Å². The van der Waals surface area contributed by atoms with Crippen LogP contribution in [0.3, 0.4) is 0 Å². The van der Waals surface area contributed by atoms with Gasteiger partial charge in [0.05, 0.1) is 12.5 Å². The summed E-state index contributed by atoms with van der Waals surface area (Å²) >= 11 is 0. The average Bonchev–Trinajstić information content (AvgIpc) is 2.57. The van der Waals surface area contributed by atoms with E-state index < -0.39 is 0 Å². The van der Waals surface area contributed by atoms with Gasteiger partial charge in [0.15, 0.2) is 6.61 Å². The Kier molecular flexibility index (Phi) is 5.84. The third-order valence-electron chi connectivity index (χ3n) is 4.94. The summed E-state index contributed by atoms with van der Waals surface area (Å²) in [5.74, 6) is 0.745. The number of hydrogen-bond donors (Lipinski definition) is 0. The predicted octanol–water partition coefficient (Wildman–Crippen LogP) is 2.79. The van der Waals surface area contributed by atoms with Crippen LogP contribution in [0, 0.1) is 16.7 Å². The van der Waals surface area contributed by atoms with Crippen molar-refractivity contribution in [3.05, 3.63) is 29.8 Å². The van der Waals surface area contributed by atoms with Crippen molar-refractivity contribution in [3.63, 3.8) is 0 Å². The molecule has 0 radical (unpaired) electrons. The Balaban J connectivity index is 1.91. The van der Waals surface area contributed by atoms with E-state index in [1.807, 2.05) is 37.1 Å². The molecule has 2 atom stereocenters. The van der Waals surface area contributed by atoms with Gasteiger partial charge >= 0.3 is 0 Å². The topological polar surface area (TPSA) is 62.6 Å². The molecule has 5 heteroatoms. The highest BCUT2D eigenvalue weighted by Gasteiger charge is 2.51. The van der Waals surface area contributed by atoms with Gasteiger partial charge < -0.3 is 14.4 Å². The van der Waals surface area contributed by atoms with E-state index >= 15 is 0 Å². The molecule has 0 N–H and O–H groups in total. The van der Waals surface area contributed by atoms with Gasteiger partial charge in [-0.05, 0) is 31.0 Å². The summed E-state index contributed by atoms with van der Waals surface area (Å²) < 4.78 is 11.0. The van der Waals surface area contributed by atoms with Crippen LogP contribution in [-0.2, 0) is 16.0 Å². The van der Waals surface area contributed by atoms with E-state index in [4.69, 9.17) is 14.7 Å². The molecule has 0 spiro atoms. The number of ether oxygens (including phenoxy) is 2. The summed E-state index contributed by atoms with van der Waals surface area (Å²) in [4.78, 5) is 14.4. The number of carbonyl (C=O) groups is 1. The molecule has 130 valence electrons. The first kappa shape index (κ1) is 18.3. The first-order valence-electron chi connectivity index (χ1n) is 8.36. The monoisotopic (exact) mass is 330 g/mol. The molecule has 0 bridgehead atoms. The van der Waals surface area contributed by atoms with Gasteiger partial charge in [-0.25, -0.2) is 0 Å². The Morgan fingerprint density at radius 2 is 2.04 bits per heavy atom. The number of likely N-dealkylation sites (N-methyl/N-ethyl adjacent to an activating group) is 1. The van der Waals surface area contributed by atoms with E-state index in [1.54, 1.807) is 12.1 Å². The Bertz CT molecular complexity index is 604. The van der Waals surface area contributed by atoms with Gasteiger partial charge in [-0.2, -0.15) is 5.26 Å². The normalized spacial score (nSPS) is 21.5. The molecule has 1 aliphatic carbocycles. The largest absolute Gasteiger partial charge is 0.479 e. The molecule has 2 rings (SSSR count). The van der Waals surface area contributed by atoms with Crippen molar-refractivity contribution in [1.29, 1.82) is 5.26 Å². The molecule has 1 amide bonds. The first-order valence-corrected chi connectivity index (χ1v) is 8.36. The number of rotatable bonds is 7. The number of carbonyl (C=O) groups excluding carboxylic acids is 1. The van der Waals surface area contributed by atoms with E-state index in [9.17, 15) is 4.79 Å². The Hall–Kier alpha value is -2.06. The second-order valence-corrected chi connectivity index (χ2v) is 6.79. The van der Waals surface area contributed by atoms with Crippen molar-refractivity contribution in [2.45, 2.75) is 45.8 Å². The van der Waals surface area contributed by atoms with E-state index in [0.717, 1.165) is 12.0 Å². The number of nitrogens with zero attached hydrogens (tertiary/aromatic N) is 2. The predicted molar refractivity (Wildman–Crippen MR) is 91.6 cm³/mol. The quantitative estimate of drug-likeness (QED) is 0.771. The lowest BCUT2D eigenvalue weighted by atomic mass is 9.63. The maximum Gasteiger partial charge on any atom is 0.227 e. The molecule has 1 aromatic rings. The highest BCUT2D eigenvalue weighted by Crippen LogP contribution is 2.45. The molecule has 1 fully saturated rings. The third kappa shape index (κ3) is 3.88. The maximum absolute atomic E-state index is 12.6. The van der Waals surface area contributed by atoms with Gasteiger partial charge in [0.2, 0.25) is 5.91 Å². The summed E-state index contributed by atoms with van der Waals surface area (Å²) in [6, 6.07) is 9.46. The molecule has 1 saturated carbocycles. The summed E-state index contributed by atoms with van der Waals surface area (Å²) in [6.45, 7) is 7.05. The lowest BCUT2D eigenvalue weighted by molar-refractivity contribution is -0.162. The van der Waals surface area contributed by atoms with Gasteiger partial charge in [-0.3, -0.25) is 4.79 Å². The van der Waals surface area contributed by atoms with Crippen LogP contribution in [0.2, 0.25) is 0 Å². The number of benzene rings is 1. The lowest BCUT2D eigenvalue weighted by Crippen LogP contribution is -2.62. The molecule has 24 heavy (non-hydrogen) atoms. The van der Waals surface area contributed by atoms with Gasteiger partial charge in [-0.1, -0.05) is 26.0 Å². The second-order valence-electron chi connectivity index (χ2n) is 6.79. The second kappa shape index (κ2) is 7.67. The molecular formula is C19H26N2O3. The molecule has 0 heterocycles. The zero-order chi connectivity index (χ0) is 17.7. The van der Waals surface area contributed by atoms with Crippen molar-refractivity contribution < 1.29 is 14.3 Å². The Morgan fingerprint density at radius 3 is 2.58 bits per heavy atom. The molecule has 0 saturated heterocycles. The summed E-state index contributed by atoms with van der Waals surface area (Å²) in [5, 5.41) is 8.50. The summed E-state index contributed by atoms with van der Waals surface area (Å²) in [7, 11) is 1.88. The molecule has 5 nitrogen and oxygen atoms in total. The van der Waals surface area contributed by atoms with Gasteiger partial charge in [0, 0.05) is 25.1 Å². The van der Waals surface area contributed by atoms with Crippen molar-refractivity contribution >= 4 is 5.91 Å². The van der Waals surface area contributed by atoms with Crippen LogP contribution in [0.4, 0.5) is 0 Å². The third-order valence-corrected chi connectivity index (χ3v) is 4.94. The minimum Gasteiger partial charge on any atom is -0.479 e. The molecule has 1 aromatic carbocycles. The van der Waals surface area contributed by atoms with E-state index in [2.05, 4.69) is 13.8 Å². The van der Waals surface area contributed by atoms with Gasteiger partial charge in [0.25, 0.3) is 0 Å². The standard InChI is InChI=1S/C19H26N2O3/c1-5-23-17-13-16(19(17,2)3)21(4)18(22)12-14-6-8-15(9-7-14)24-11-10-20/h6-9,16-17H,5,11-13H2,1-4H3. The number of nitriles is 1. The zero-order valence-corrected chi connectivity index (χ0v) is 14.9. The van der Waals surface area contributed by atoms with Crippen molar-refractivity contribution in [3.8, 4) is 11.8 Å². The smallest absolute Gasteiger partial charge is 0.227 e. The average molecular weight is 330 g/mol. The fourth-order valence-electron chi connectivity index (χ4n) is 3.30. The van der Waals surface area contributed by atoms with Crippen LogP contribution in [0.5, 0.6) is 5.75 Å². The molecular weight excluding hydrogens is 304 g/mol. The minimum atomic E-state index is -0.0184. The lowest BCUT2D eigenvalue weighted by Gasteiger charge is -2.54. The Labute approximate surface area is 144 Å². The van der Waals surface area contributed by atoms with Crippen LogP contribution < -0.4 is 4.74 Å². The van der Waals surface area contributed by atoms with Crippen molar-refractivity contribution in [2.75, 3.05) is 20.3 Å². The SMILES string of the molecule is CCOC1CC(N(C)C(=O)Cc2ccc(OCC#N)cc2)C1(C)C. The van der Waals surface area contributed by atoms with Gasteiger partial charge in [0.1, 0.15) is 11.8 Å². The molecule has 1 aliphatic rings. The van der Waals surface area contributed by atoms with E-state index in [0.29, 0.717) is 18.8 Å². The number of amides is 1. The van der Waals surface area contributed by atoms with Crippen molar-refractivity contribution in [1.82, 2.24) is 4.90 Å². The maximum atomic E-state index is 12.6. The highest BCUT2D eigenvalue weighted by molar-refractivity contribution is 5.79. The molecule has 2 unspecified atom stereocenters. The fraction of sp³-hybridized carbons (Fsp3) is 0.579. The van der Waals surface area contributed by atoms with E-state index in [1.165, 1.54) is 0 Å². The van der Waals surface area contributed by atoms with Gasteiger partial charge in [-0.15, -0.1) is 0 Å². The number of hydrogen-bond acceptors (Lipinski definition) is 4. The minimum absolute atomic E-state index is 0.0184. The van der Waals surface area contributed by atoms with Crippen LogP contribution in [-0.4, -0.2) is 43.2 Å². The molecule has 0 aromatic heterocycles. The van der Waals surface area contributed by atoms with Crippen LogP contribution >= 0.6 is 0 Å². The summed E-state index contributed by atoms with van der Waals surface area (Å²) in [6.07, 6.45) is 1.48. The van der Waals surface area contributed by atoms with E-state index in [-0.39, 0.29) is 30.1 Å².